The summed E-state index contributed by atoms with van der Waals surface area (Å²) in [5, 5.41) is 5.99. The van der Waals surface area contributed by atoms with Crippen LogP contribution < -0.4 is 10.6 Å². The van der Waals surface area contributed by atoms with Gasteiger partial charge in [-0.25, -0.2) is 4.98 Å². The van der Waals surface area contributed by atoms with Gasteiger partial charge in [0, 0.05) is 24.9 Å². The summed E-state index contributed by atoms with van der Waals surface area (Å²) in [6.45, 7) is 0.956. The highest BCUT2D eigenvalue weighted by Gasteiger charge is 2.17. The van der Waals surface area contributed by atoms with Gasteiger partial charge in [0.25, 0.3) is 11.8 Å². The number of nitrogens with zero attached hydrogens (tertiary/aromatic N) is 1. The van der Waals surface area contributed by atoms with Gasteiger partial charge in [-0.3, -0.25) is 9.59 Å². The van der Waals surface area contributed by atoms with E-state index in [1.54, 1.807) is 18.2 Å². The lowest BCUT2D eigenvalue weighted by atomic mass is 9.88. The molecule has 2 N–H and O–H groups in total. The van der Waals surface area contributed by atoms with Crippen molar-refractivity contribution in [2.45, 2.75) is 24.7 Å². The second-order valence-corrected chi connectivity index (χ2v) is 10.2. The fourth-order valence-electron chi connectivity index (χ4n) is 5.32. The minimum absolute atomic E-state index is 0.161. The number of rotatable bonds is 12. The first kappa shape index (κ1) is 28.5. The molecular weight excluding hydrogens is 518 g/mol. The molecule has 4 aromatic carbocycles. The van der Waals surface area contributed by atoms with Crippen molar-refractivity contribution in [1.82, 2.24) is 15.6 Å². The van der Waals surface area contributed by atoms with E-state index in [-0.39, 0.29) is 35.0 Å². The Balaban J connectivity index is 1.17. The average molecular weight is 554 g/mol. The van der Waals surface area contributed by atoms with E-state index in [9.17, 15) is 9.59 Å². The highest BCUT2D eigenvalue weighted by Crippen LogP contribution is 2.28. The van der Waals surface area contributed by atoms with Crippen molar-refractivity contribution in [3.8, 4) is 0 Å². The Morgan fingerprint density at radius 2 is 0.762 bits per heavy atom. The van der Waals surface area contributed by atoms with Crippen LogP contribution in [0.15, 0.2) is 140 Å². The van der Waals surface area contributed by atoms with Crippen molar-refractivity contribution in [3.63, 3.8) is 0 Å². The molecule has 5 aromatic rings. The number of aromatic nitrogens is 1. The van der Waals surface area contributed by atoms with E-state index in [2.05, 4.69) is 64.1 Å². The van der Waals surface area contributed by atoms with Crippen LogP contribution >= 0.6 is 0 Å². The molecule has 5 rings (SSSR count). The summed E-state index contributed by atoms with van der Waals surface area (Å²) in [6.07, 6.45) is 1.48. The molecular formula is C37H35N3O2. The monoisotopic (exact) mass is 553 g/mol. The number of nitrogens with one attached hydrogen (secondary N) is 2. The summed E-state index contributed by atoms with van der Waals surface area (Å²) in [4.78, 5) is 30.3. The molecule has 0 saturated heterocycles. The molecule has 210 valence electrons. The van der Waals surface area contributed by atoms with Gasteiger partial charge in [-0.2, -0.15) is 0 Å². The number of amides is 2. The zero-order valence-corrected chi connectivity index (χ0v) is 23.5. The molecule has 0 aliphatic carbocycles. The first-order valence-electron chi connectivity index (χ1n) is 14.4. The molecule has 0 spiro atoms. The second kappa shape index (κ2) is 14.6. The molecule has 0 aliphatic rings. The third-order valence-corrected chi connectivity index (χ3v) is 7.46. The minimum atomic E-state index is -0.294. The minimum Gasteiger partial charge on any atom is -0.351 e. The maximum absolute atomic E-state index is 13.0. The Labute approximate surface area is 247 Å². The summed E-state index contributed by atoms with van der Waals surface area (Å²) in [6, 6.07) is 46.2. The fraction of sp³-hybridized carbons (Fsp3) is 0.162. The van der Waals surface area contributed by atoms with Gasteiger partial charge in [-0.05, 0) is 47.2 Å². The highest BCUT2D eigenvalue weighted by atomic mass is 16.2. The molecule has 5 nitrogen and oxygen atoms in total. The molecule has 0 radical (unpaired) electrons. The summed E-state index contributed by atoms with van der Waals surface area (Å²) in [5.41, 5.74) is 5.27. The molecule has 5 heteroatoms. The van der Waals surface area contributed by atoms with Gasteiger partial charge < -0.3 is 10.6 Å². The molecule has 0 atom stereocenters. The predicted molar refractivity (Wildman–Crippen MR) is 168 cm³/mol. The molecule has 1 aromatic heterocycles. The maximum atomic E-state index is 13.0. The van der Waals surface area contributed by atoms with Gasteiger partial charge in [0.2, 0.25) is 0 Å². The number of hydrogen-bond acceptors (Lipinski definition) is 3. The van der Waals surface area contributed by atoms with Crippen LogP contribution in [-0.4, -0.2) is 29.9 Å². The van der Waals surface area contributed by atoms with Crippen LogP contribution in [0.4, 0.5) is 0 Å². The van der Waals surface area contributed by atoms with E-state index in [4.69, 9.17) is 0 Å². The van der Waals surface area contributed by atoms with Gasteiger partial charge in [0.05, 0.1) is 0 Å². The number of carbonyl (C=O) groups excluding carboxylic acids is 2. The van der Waals surface area contributed by atoms with Crippen molar-refractivity contribution in [3.05, 3.63) is 173 Å². The van der Waals surface area contributed by atoms with Crippen molar-refractivity contribution in [2.75, 3.05) is 13.1 Å². The van der Waals surface area contributed by atoms with Crippen LogP contribution in [0.2, 0.25) is 0 Å². The number of benzene rings is 4. The van der Waals surface area contributed by atoms with Gasteiger partial charge >= 0.3 is 0 Å². The third kappa shape index (κ3) is 7.58. The average Bonchev–Trinajstić information content (AvgIpc) is 3.06. The Kier molecular flexibility index (Phi) is 9.88. The SMILES string of the molecule is O=C(NCCC(c1ccccc1)c1ccccc1)c1cccc(C(=O)NCCC(c2ccccc2)c2ccccc2)n1. The zero-order valence-electron chi connectivity index (χ0n) is 23.5. The Morgan fingerprint density at radius 3 is 1.07 bits per heavy atom. The number of pyridine rings is 1. The van der Waals surface area contributed by atoms with Crippen LogP contribution in [0.1, 0.15) is 67.9 Å². The summed E-state index contributed by atoms with van der Waals surface area (Å²) < 4.78 is 0. The van der Waals surface area contributed by atoms with Crippen molar-refractivity contribution in [1.29, 1.82) is 0 Å². The van der Waals surface area contributed by atoms with E-state index in [1.165, 1.54) is 22.3 Å². The van der Waals surface area contributed by atoms with Gasteiger partial charge in [-0.1, -0.05) is 127 Å². The molecule has 2 amide bonds. The summed E-state index contributed by atoms with van der Waals surface area (Å²) >= 11 is 0. The van der Waals surface area contributed by atoms with Crippen LogP contribution in [0, 0.1) is 0 Å². The van der Waals surface area contributed by atoms with E-state index in [0.29, 0.717) is 13.1 Å². The molecule has 0 unspecified atom stereocenters. The van der Waals surface area contributed by atoms with E-state index < -0.39 is 0 Å². The summed E-state index contributed by atoms with van der Waals surface area (Å²) in [5.74, 6) is -0.266. The Morgan fingerprint density at radius 1 is 0.452 bits per heavy atom. The second-order valence-electron chi connectivity index (χ2n) is 10.2. The topological polar surface area (TPSA) is 71.1 Å². The van der Waals surface area contributed by atoms with Crippen molar-refractivity contribution < 1.29 is 9.59 Å². The molecule has 1 heterocycles. The molecule has 0 fully saturated rings. The largest absolute Gasteiger partial charge is 0.351 e. The lowest BCUT2D eigenvalue weighted by molar-refractivity contribution is 0.0943. The van der Waals surface area contributed by atoms with Crippen LogP contribution in [0.3, 0.4) is 0 Å². The lowest BCUT2D eigenvalue weighted by Gasteiger charge is -2.19. The first-order chi connectivity index (χ1) is 20.7. The quantitative estimate of drug-likeness (QED) is 0.175. The maximum Gasteiger partial charge on any atom is 0.269 e. The molecule has 0 bridgehead atoms. The normalized spacial score (nSPS) is 10.9. The zero-order chi connectivity index (χ0) is 29.0. The Bertz CT molecular complexity index is 1360. The smallest absolute Gasteiger partial charge is 0.269 e. The van der Waals surface area contributed by atoms with Gasteiger partial charge in [0.1, 0.15) is 11.4 Å². The van der Waals surface area contributed by atoms with Crippen molar-refractivity contribution >= 4 is 11.8 Å². The van der Waals surface area contributed by atoms with Crippen molar-refractivity contribution in [2.24, 2.45) is 0 Å². The summed E-state index contributed by atoms with van der Waals surface area (Å²) in [7, 11) is 0. The van der Waals surface area contributed by atoms with Gasteiger partial charge in [0.15, 0.2) is 0 Å². The first-order valence-corrected chi connectivity index (χ1v) is 14.4. The van der Waals surface area contributed by atoms with Crippen LogP contribution in [0.25, 0.3) is 0 Å². The van der Waals surface area contributed by atoms with E-state index in [0.717, 1.165) is 12.8 Å². The third-order valence-electron chi connectivity index (χ3n) is 7.46. The molecule has 42 heavy (non-hydrogen) atoms. The Hall–Kier alpha value is -5.03. The fourth-order valence-corrected chi connectivity index (χ4v) is 5.32. The lowest BCUT2D eigenvalue weighted by Crippen LogP contribution is -2.29. The standard InChI is InChI=1S/C37H35N3O2/c41-36(38-26-24-32(28-14-5-1-6-15-28)29-16-7-2-8-17-29)34-22-13-23-35(40-34)37(42)39-27-25-33(30-18-9-3-10-19-30)31-20-11-4-12-21-31/h1-23,32-33H,24-27H2,(H,38,41)(H,39,42). The van der Waals surface area contributed by atoms with E-state index in [1.807, 2.05) is 72.8 Å². The predicted octanol–water partition coefficient (Wildman–Crippen LogP) is 6.99. The van der Waals surface area contributed by atoms with Gasteiger partial charge in [-0.15, -0.1) is 0 Å². The molecule has 0 saturated carbocycles. The number of carbonyl (C=O) groups is 2. The van der Waals surface area contributed by atoms with Crippen LogP contribution in [-0.2, 0) is 0 Å². The van der Waals surface area contributed by atoms with E-state index >= 15 is 0 Å². The highest BCUT2D eigenvalue weighted by molar-refractivity contribution is 5.96. The number of hydrogen-bond donors (Lipinski definition) is 2. The molecule has 0 aliphatic heterocycles. The van der Waals surface area contributed by atoms with Crippen LogP contribution in [0.5, 0.6) is 0 Å².